The number of anilines is 1. The molecule has 0 unspecified atom stereocenters. The van der Waals surface area contributed by atoms with Gasteiger partial charge in [0.2, 0.25) is 0 Å². The first-order valence-corrected chi connectivity index (χ1v) is 6.08. The van der Waals surface area contributed by atoms with Gasteiger partial charge in [0.15, 0.2) is 0 Å². The fraction of sp³-hybridized carbons (Fsp3) is 0.417. The van der Waals surface area contributed by atoms with Gasteiger partial charge in [-0.3, -0.25) is 0 Å². The third-order valence-electron chi connectivity index (χ3n) is 2.32. The normalized spacial score (nSPS) is 10.2. The number of benzene rings is 1. The van der Waals surface area contributed by atoms with Crippen molar-refractivity contribution in [2.75, 3.05) is 25.0 Å². The van der Waals surface area contributed by atoms with E-state index in [9.17, 15) is 9.18 Å². The van der Waals surface area contributed by atoms with Crippen molar-refractivity contribution in [1.29, 1.82) is 0 Å². The minimum atomic E-state index is -0.585. The van der Waals surface area contributed by atoms with Crippen molar-refractivity contribution in [2.45, 2.75) is 13.3 Å². The van der Waals surface area contributed by atoms with Crippen molar-refractivity contribution in [3.63, 3.8) is 0 Å². The van der Waals surface area contributed by atoms with Gasteiger partial charge in [0.25, 0.3) is 0 Å². The SMILES string of the molecule is CCCN(CCO)C(=O)Nc1ccc(Cl)c(F)c1. The summed E-state index contributed by atoms with van der Waals surface area (Å²) in [6, 6.07) is 3.69. The van der Waals surface area contributed by atoms with Crippen molar-refractivity contribution < 1.29 is 14.3 Å². The molecule has 0 fully saturated rings. The van der Waals surface area contributed by atoms with Crippen LogP contribution in [0.3, 0.4) is 0 Å². The van der Waals surface area contributed by atoms with Gasteiger partial charge in [-0.05, 0) is 24.6 Å². The van der Waals surface area contributed by atoms with Gasteiger partial charge in [-0.25, -0.2) is 9.18 Å². The smallest absolute Gasteiger partial charge is 0.321 e. The van der Waals surface area contributed by atoms with Crippen LogP contribution in [0.2, 0.25) is 5.02 Å². The standard InChI is InChI=1S/C12H16ClFN2O2/c1-2-5-16(6-7-17)12(18)15-9-3-4-10(13)11(14)8-9/h3-4,8,17H,2,5-7H2,1H3,(H,15,18). The second kappa shape index (κ2) is 7.18. The van der Waals surface area contributed by atoms with E-state index in [4.69, 9.17) is 16.7 Å². The Bertz CT molecular complexity index is 409. The molecule has 4 nitrogen and oxygen atoms in total. The summed E-state index contributed by atoms with van der Waals surface area (Å²) in [6.45, 7) is 2.60. The first-order chi connectivity index (χ1) is 8.58. The molecule has 6 heteroatoms. The third kappa shape index (κ3) is 4.16. The topological polar surface area (TPSA) is 52.6 Å². The van der Waals surface area contributed by atoms with Crippen LogP contribution in [0.1, 0.15) is 13.3 Å². The number of amides is 2. The average molecular weight is 275 g/mol. The lowest BCUT2D eigenvalue weighted by Crippen LogP contribution is -2.37. The molecule has 1 aromatic rings. The predicted molar refractivity (Wildman–Crippen MR) is 69.4 cm³/mol. The summed E-state index contributed by atoms with van der Waals surface area (Å²) in [6.07, 6.45) is 0.780. The minimum absolute atomic E-state index is 0.00812. The Morgan fingerprint density at radius 1 is 1.50 bits per heavy atom. The van der Waals surface area contributed by atoms with E-state index in [0.717, 1.165) is 12.5 Å². The van der Waals surface area contributed by atoms with Crippen molar-refractivity contribution >= 4 is 23.3 Å². The highest BCUT2D eigenvalue weighted by Crippen LogP contribution is 2.18. The Kier molecular flexibility index (Phi) is 5.88. The number of hydrogen-bond donors (Lipinski definition) is 2. The highest BCUT2D eigenvalue weighted by atomic mass is 35.5. The summed E-state index contributed by atoms with van der Waals surface area (Å²) in [5.41, 5.74) is 0.334. The number of carbonyl (C=O) groups is 1. The number of carbonyl (C=O) groups excluding carboxylic acids is 1. The van der Waals surface area contributed by atoms with E-state index in [-0.39, 0.29) is 24.2 Å². The van der Waals surface area contributed by atoms with Crippen LogP contribution in [0, 0.1) is 5.82 Å². The first kappa shape index (κ1) is 14.7. The molecule has 2 amide bonds. The van der Waals surface area contributed by atoms with Crippen molar-refractivity contribution in [2.24, 2.45) is 0 Å². The van der Waals surface area contributed by atoms with E-state index in [1.165, 1.54) is 17.0 Å². The quantitative estimate of drug-likeness (QED) is 0.867. The summed E-state index contributed by atoms with van der Waals surface area (Å²) in [5.74, 6) is -0.585. The Hall–Kier alpha value is -1.33. The van der Waals surface area contributed by atoms with E-state index in [1.54, 1.807) is 0 Å². The van der Waals surface area contributed by atoms with Crippen molar-refractivity contribution in [1.82, 2.24) is 4.90 Å². The van der Waals surface area contributed by atoms with Crippen molar-refractivity contribution in [3.05, 3.63) is 29.0 Å². The second-order valence-electron chi connectivity index (χ2n) is 3.77. The molecule has 0 atom stereocenters. The van der Waals surface area contributed by atoms with Gasteiger partial charge in [0.1, 0.15) is 5.82 Å². The molecule has 0 aliphatic carbocycles. The molecule has 0 heterocycles. The molecule has 0 saturated heterocycles. The molecule has 100 valence electrons. The van der Waals surface area contributed by atoms with E-state index in [2.05, 4.69) is 5.32 Å². The maximum absolute atomic E-state index is 13.2. The van der Waals surface area contributed by atoms with Gasteiger partial charge in [-0.15, -0.1) is 0 Å². The van der Waals surface area contributed by atoms with Crippen LogP contribution in [0.5, 0.6) is 0 Å². The van der Waals surface area contributed by atoms with Crippen LogP contribution in [0.4, 0.5) is 14.9 Å². The Balaban J connectivity index is 2.69. The van der Waals surface area contributed by atoms with Gasteiger partial charge in [-0.1, -0.05) is 18.5 Å². The van der Waals surface area contributed by atoms with E-state index < -0.39 is 5.82 Å². The van der Waals surface area contributed by atoms with Crippen LogP contribution >= 0.6 is 11.6 Å². The number of halogens is 2. The highest BCUT2D eigenvalue weighted by Gasteiger charge is 2.12. The molecule has 0 aliphatic rings. The highest BCUT2D eigenvalue weighted by molar-refractivity contribution is 6.30. The molecule has 0 radical (unpaired) electrons. The summed E-state index contributed by atoms with van der Waals surface area (Å²) in [5, 5.41) is 11.4. The predicted octanol–water partition coefficient (Wildman–Crippen LogP) is 2.72. The van der Waals surface area contributed by atoms with Gasteiger partial charge in [0, 0.05) is 18.8 Å². The zero-order chi connectivity index (χ0) is 13.5. The number of aliphatic hydroxyl groups excluding tert-OH is 1. The number of rotatable bonds is 5. The van der Waals surface area contributed by atoms with Crippen LogP contribution in [0.15, 0.2) is 18.2 Å². The Labute approximate surface area is 110 Å². The van der Waals surface area contributed by atoms with E-state index in [1.807, 2.05) is 6.92 Å². The monoisotopic (exact) mass is 274 g/mol. The molecule has 1 rings (SSSR count). The van der Waals surface area contributed by atoms with Gasteiger partial charge in [-0.2, -0.15) is 0 Å². The summed E-state index contributed by atoms with van der Waals surface area (Å²) in [7, 11) is 0. The van der Waals surface area contributed by atoms with E-state index >= 15 is 0 Å². The Morgan fingerprint density at radius 3 is 2.78 bits per heavy atom. The molecule has 0 saturated carbocycles. The zero-order valence-electron chi connectivity index (χ0n) is 10.1. The van der Waals surface area contributed by atoms with Crippen molar-refractivity contribution in [3.8, 4) is 0 Å². The van der Waals surface area contributed by atoms with Crippen LogP contribution in [-0.2, 0) is 0 Å². The molecular formula is C12H16ClFN2O2. The molecule has 0 aliphatic heterocycles. The fourth-order valence-corrected chi connectivity index (χ4v) is 1.60. The third-order valence-corrected chi connectivity index (χ3v) is 2.63. The second-order valence-corrected chi connectivity index (χ2v) is 4.18. The van der Waals surface area contributed by atoms with Crippen LogP contribution < -0.4 is 5.32 Å². The maximum atomic E-state index is 13.2. The van der Waals surface area contributed by atoms with Gasteiger partial charge in [0.05, 0.1) is 11.6 Å². The van der Waals surface area contributed by atoms with Gasteiger partial charge >= 0.3 is 6.03 Å². The summed E-state index contributed by atoms with van der Waals surface area (Å²) >= 11 is 5.55. The number of hydrogen-bond acceptors (Lipinski definition) is 2. The molecule has 0 spiro atoms. The molecular weight excluding hydrogens is 259 g/mol. The lowest BCUT2D eigenvalue weighted by Gasteiger charge is -2.21. The molecule has 1 aromatic carbocycles. The van der Waals surface area contributed by atoms with E-state index in [0.29, 0.717) is 12.2 Å². The average Bonchev–Trinajstić information content (AvgIpc) is 2.33. The lowest BCUT2D eigenvalue weighted by molar-refractivity contribution is 0.188. The zero-order valence-corrected chi connectivity index (χ0v) is 10.9. The largest absolute Gasteiger partial charge is 0.395 e. The van der Waals surface area contributed by atoms with Gasteiger partial charge < -0.3 is 15.3 Å². The fourth-order valence-electron chi connectivity index (χ4n) is 1.48. The lowest BCUT2D eigenvalue weighted by atomic mass is 10.3. The Morgan fingerprint density at radius 2 is 2.22 bits per heavy atom. The molecule has 0 bridgehead atoms. The summed E-state index contributed by atoms with van der Waals surface area (Å²) in [4.78, 5) is 13.3. The number of urea groups is 1. The number of aliphatic hydroxyl groups is 1. The minimum Gasteiger partial charge on any atom is -0.395 e. The molecule has 18 heavy (non-hydrogen) atoms. The molecule has 0 aromatic heterocycles. The molecule has 2 N–H and O–H groups in total. The van der Waals surface area contributed by atoms with Crippen LogP contribution in [0.25, 0.3) is 0 Å². The first-order valence-electron chi connectivity index (χ1n) is 5.70. The number of nitrogens with zero attached hydrogens (tertiary/aromatic N) is 1. The number of nitrogens with one attached hydrogen (secondary N) is 1. The summed E-state index contributed by atoms with van der Waals surface area (Å²) < 4.78 is 13.2. The van der Waals surface area contributed by atoms with Crippen LogP contribution in [-0.4, -0.2) is 35.7 Å². The maximum Gasteiger partial charge on any atom is 0.321 e.